The summed E-state index contributed by atoms with van der Waals surface area (Å²) in [5.74, 6) is 0.882. The molecule has 6 nitrogen and oxygen atoms in total. The lowest BCUT2D eigenvalue weighted by Crippen LogP contribution is -2.30. The Hall–Kier alpha value is -1.59. The molecule has 0 aliphatic carbocycles. The Bertz CT molecular complexity index is 1010. The van der Waals surface area contributed by atoms with Gasteiger partial charge in [0.25, 0.3) is 0 Å². The van der Waals surface area contributed by atoms with Crippen LogP contribution in [-0.2, 0) is 28.6 Å². The molecule has 2 unspecified atom stereocenters. The van der Waals surface area contributed by atoms with Crippen molar-refractivity contribution in [2.45, 2.75) is 343 Å². The third kappa shape index (κ3) is 50.3. The van der Waals surface area contributed by atoms with Crippen LogP contribution in [0.2, 0.25) is 0 Å². The fourth-order valence-corrected chi connectivity index (χ4v) is 9.16. The number of carbonyl (C=O) groups excluding carboxylic acids is 3. The number of rotatable bonds is 54. The summed E-state index contributed by atoms with van der Waals surface area (Å²) < 4.78 is 16.9. The molecular weight excluding hydrogens is 817 g/mol. The zero-order valence-corrected chi connectivity index (χ0v) is 45.3. The predicted molar refractivity (Wildman–Crippen MR) is 284 cm³/mol. The average Bonchev–Trinajstić information content (AvgIpc) is 3.32. The molecule has 0 N–H and O–H groups in total. The number of unbranched alkanes of at least 4 members (excludes halogenated alkanes) is 37. The number of hydrogen-bond acceptors (Lipinski definition) is 6. The largest absolute Gasteiger partial charge is 0.462 e. The smallest absolute Gasteiger partial charge is 0.306 e. The van der Waals surface area contributed by atoms with Crippen LogP contribution in [-0.4, -0.2) is 37.2 Å². The first-order chi connectivity index (χ1) is 32.3. The molecule has 0 aliphatic heterocycles. The van der Waals surface area contributed by atoms with E-state index in [1.807, 2.05) is 0 Å². The van der Waals surface area contributed by atoms with E-state index in [-0.39, 0.29) is 31.1 Å². The lowest BCUT2D eigenvalue weighted by atomic mass is 9.99. The van der Waals surface area contributed by atoms with Crippen molar-refractivity contribution < 1.29 is 28.6 Å². The van der Waals surface area contributed by atoms with Crippen molar-refractivity contribution in [1.82, 2.24) is 0 Å². The highest BCUT2D eigenvalue weighted by molar-refractivity contribution is 5.71. The minimum absolute atomic E-state index is 0.0633. The molecule has 0 bridgehead atoms. The maximum Gasteiger partial charge on any atom is 0.306 e. The van der Waals surface area contributed by atoms with Gasteiger partial charge in [-0.25, -0.2) is 0 Å². The van der Waals surface area contributed by atoms with Crippen LogP contribution in [0.15, 0.2) is 0 Å². The molecule has 0 saturated heterocycles. The Morgan fingerprint density at radius 2 is 0.530 bits per heavy atom. The third-order valence-electron chi connectivity index (χ3n) is 14.4. The van der Waals surface area contributed by atoms with Crippen molar-refractivity contribution in [2.75, 3.05) is 13.2 Å². The predicted octanol–water partition coefficient (Wildman–Crippen LogP) is 19.7. The van der Waals surface area contributed by atoms with E-state index in [2.05, 4.69) is 34.6 Å². The molecule has 0 heterocycles. The SMILES string of the molecule is CCCCCCCCCCCCCCCCCCC(=O)O[C@@H](COC(=O)CCCCCCCCCCCCCCCCCCCCC(C)CC)COC(=O)CCCCCCCCC(C)CC. The van der Waals surface area contributed by atoms with Crippen molar-refractivity contribution in [1.29, 1.82) is 0 Å². The van der Waals surface area contributed by atoms with Crippen molar-refractivity contribution >= 4 is 17.9 Å². The molecule has 0 aliphatic rings. The van der Waals surface area contributed by atoms with Crippen LogP contribution in [0.5, 0.6) is 0 Å². The minimum atomic E-state index is -0.763. The number of carbonyl (C=O) groups is 3. The Morgan fingerprint density at radius 1 is 0.303 bits per heavy atom. The summed E-state index contributed by atoms with van der Waals surface area (Å²) in [6, 6.07) is 0. The Morgan fingerprint density at radius 3 is 0.788 bits per heavy atom. The van der Waals surface area contributed by atoms with E-state index < -0.39 is 6.10 Å². The summed E-state index contributed by atoms with van der Waals surface area (Å²) in [6.45, 7) is 11.4. The van der Waals surface area contributed by atoms with Crippen molar-refractivity contribution in [3.8, 4) is 0 Å². The van der Waals surface area contributed by atoms with Gasteiger partial charge < -0.3 is 14.2 Å². The highest BCUT2D eigenvalue weighted by Gasteiger charge is 2.19. The Kier molecular flexibility index (Phi) is 51.5. The minimum Gasteiger partial charge on any atom is -0.462 e. The molecule has 66 heavy (non-hydrogen) atoms. The van der Waals surface area contributed by atoms with E-state index in [4.69, 9.17) is 14.2 Å². The van der Waals surface area contributed by atoms with Crippen LogP contribution in [0.1, 0.15) is 336 Å². The summed E-state index contributed by atoms with van der Waals surface area (Å²) >= 11 is 0. The maximum absolute atomic E-state index is 12.8. The molecule has 0 aromatic carbocycles. The zero-order chi connectivity index (χ0) is 48.2. The second kappa shape index (κ2) is 52.8. The van der Waals surface area contributed by atoms with Crippen molar-refractivity contribution in [2.24, 2.45) is 11.8 Å². The summed E-state index contributed by atoms with van der Waals surface area (Å²) in [5, 5.41) is 0. The second-order valence-electron chi connectivity index (χ2n) is 21.1. The number of ether oxygens (including phenoxy) is 3. The zero-order valence-electron chi connectivity index (χ0n) is 45.3. The molecule has 0 aromatic heterocycles. The van der Waals surface area contributed by atoms with Gasteiger partial charge in [0.1, 0.15) is 13.2 Å². The van der Waals surface area contributed by atoms with Gasteiger partial charge >= 0.3 is 17.9 Å². The highest BCUT2D eigenvalue weighted by atomic mass is 16.6. The molecule has 0 fully saturated rings. The third-order valence-corrected chi connectivity index (χ3v) is 14.4. The van der Waals surface area contributed by atoms with E-state index in [0.717, 1.165) is 69.6 Å². The molecular formula is C60H116O6. The van der Waals surface area contributed by atoms with Gasteiger partial charge in [-0.3, -0.25) is 14.4 Å². The lowest BCUT2D eigenvalue weighted by Gasteiger charge is -2.18. The molecule has 0 spiro atoms. The van der Waals surface area contributed by atoms with Crippen LogP contribution in [0.3, 0.4) is 0 Å². The van der Waals surface area contributed by atoms with Crippen LogP contribution in [0.4, 0.5) is 0 Å². The second-order valence-corrected chi connectivity index (χ2v) is 21.1. The fourth-order valence-electron chi connectivity index (χ4n) is 9.16. The van der Waals surface area contributed by atoms with Gasteiger partial charge in [-0.15, -0.1) is 0 Å². The monoisotopic (exact) mass is 933 g/mol. The lowest BCUT2D eigenvalue weighted by molar-refractivity contribution is -0.167. The molecule has 3 atom stereocenters. The first-order valence-corrected chi connectivity index (χ1v) is 29.8. The molecule has 0 saturated carbocycles. The Balaban J connectivity index is 4.20. The average molecular weight is 934 g/mol. The van der Waals surface area contributed by atoms with Gasteiger partial charge in [-0.05, 0) is 31.1 Å². The molecule has 392 valence electrons. The molecule has 0 aromatic rings. The first kappa shape index (κ1) is 64.4. The molecule has 6 heteroatoms. The first-order valence-electron chi connectivity index (χ1n) is 29.8. The van der Waals surface area contributed by atoms with Crippen LogP contribution in [0.25, 0.3) is 0 Å². The normalized spacial score (nSPS) is 12.9. The van der Waals surface area contributed by atoms with E-state index in [1.54, 1.807) is 0 Å². The van der Waals surface area contributed by atoms with E-state index >= 15 is 0 Å². The summed E-state index contributed by atoms with van der Waals surface area (Å²) in [4.78, 5) is 38.1. The van der Waals surface area contributed by atoms with E-state index in [1.165, 1.54) is 225 Å². The van der Waals surface area contributed by atoms with Gasteiger partial charge in [0.15, 0.2) is 6.10 Å². The molecule has 0 radical (unpaired) electrons. The summed E-state index contributed by atoms with van der Waals surface area (Å²) in [6.07, 6.45) is 56.7. The Labute approximate surface area is 412 Å². The van der Waals surface area contributed by atoms with E-state index in [9.17, 15) is 14.4 Å². The molecule has 0 amide bonds. The van der Waals surface area contributed by atoms with Gasteiger partial charge in [-0.2, -0.15) is 0 Å². The van der Waals surface area contributed by atoms with Gasteiger partial charge in [0.2, 0.25) is 0 Å². The topological polar surface area (TPSA) is 78.9 Å². The quantitative estimate of drug-likeness (QED) is 0.0343. The van der Waals surface area contributed by atoms with Crippen molar-refractivity contribution in [3.63, 3.8) is 0 Å². The van der Waals surface area contributed by atoms with Crippen molar-refractivity contribution in [3.05, 3.63) is 0 Å². The standard InChI is InChI=1S/C60H116O6/c1-6-9-10-11-12-13-14-15-16-22-26-29-32-35-42-47-52-60(63)66-57(54-65-59(62)51-46-41-37-36-39-44-49-56(5)8-3)53-64-58(61)50-45-40-34-31-28-25-23-20-18-17-19-21-24-27-30-33-38-43-48-55(4)7-2/h55-57H,6-54H2,1-5H3/t55?,56?,57-/m0/s1. The van der Waals surface area contributed by atoms with Crippen LogP contribution < -0.4 is 0 Å². The highest BCUT2D eigenvalue weighted by Crippen LogP contribution is 2.19. The number of hydrogen-bond donors (Lipinski definition) is 0. The van der Waals surface area contributed by atoms with Gasteiger partial charge in [-0.1, -0.05) is 298 Å². The van der Waals surface area contributed by atoms with Crippen LogP contribution in [0, 0.1) is 11.8 Å². The summed E-state index contributed by atoms with van der Waals surface area (Å²) in [7, 11) is 0. The fraction of sp³-hybridized carbons (Fsp3) is 0.950. The summed E-state index contributed by atoms with van der Waals surface area (Å²) in [5.41, 5.74) is 0. The van der Waals surface area contributed by atoms with E-state index in [0.29, 0.717) is 19.3 Å². The van der Waals surface area contributed by atoms with Gasteiger partial charge in [0.05, 0.1) is 0 Å². The van der Waals surface area contributed by atoms with Crippen LogP contribution >= 0.6 is 0 Å². The van der Waals surface area contributed by atoms with Gasteiger partial charge in [0, 0.05) is 19.3 Å². The maximum atomic E-state index is 12.8. The number of esters is 3. The molecule has 0 rings (SSSR count).